The van der Waals surface area contributed by atoms with E-state index in [1.807, 2.05) is 0 Å². The average Bonchev–Trinajstić information content (AvgIpc) is 2.16. The summed E-state index contributed by atoms with van der Waals surface area (Å²) in [7, 11) is 0. The van der Waals surface area contributed by atoms with Gasteiger partial charge >= 0.3 is 0 Å². The number of aryl methyl sites for hydroxylation is 2. The van der Waals surface area contributed by atoms with E-state index in [0.29, 0.717) is 6.04 Å². The molecule has 0 saturated carbocycles. The predicted molar refractivity (Wildman–Crippen MR) is 67.6 cm³/mol. The lowest BCUT2D eigenvalue weighted by molar-refractivity contribution is 0.624. The Balaban J connectivity index is 2.60. The Hall–Kier alpha value is -0.670. The number of pyridine rings is 1. The van der Waals surface area contributed by atoms with E-state index >= 15 is 0 Å². The average molecular weight is 224 g/mol. The first-order chi connectivity index (χ1) is 7.11. The van der Waals surface area contributed by atoms with Crippen molar-refractivity contribution >= 4 is 12.2 Å². The minimum Gasteiger partial charge on any atom is -0.350 e. The molecule has 3 N–H and O–H groups in total. The third-order valence-corrected chi connectivity index (χ3v) is 2.69. The Bertz CT molecular complexity index is 355. The van der Waals surface area contributed by atoms with E-state index in [9.17, 15) is 0 Å². The summed E-state index contributed by atoms with van der Waals surface area (Å²) in [5.74, 6) is 0. The Labute approximate surface area is 96.9 Å². The highest BCUT2D eigenvalue weighted by Crippen LogP contribution is 2.08. The molecule has 0 radical (unpaired) electrons. The van der Waals surface area contributed by atoms with E-state index in [0.717, 1.165) is 30.3 Å². The number of aromatic amines is 1. The Morgan fingerprint density at radius 2 is 2.20 bits per heavy atom. The first kappa shape index (κ1) is 12.4. The van der Waals surface area contributed by atoms with E-state index in [-0.39, 0.29) is 0 Å². The van der Waals surface area contributed by atoms with Crippen molar-refractivity contribution in [3.63, 3.8) is 0 Å². The van der Waals surface area contributed by atoms with E-state index in [4.69, 9.17) is 18.0 Å². The van der Waals surface area contributed by atoms with Crippen LogP contribution >= 0.6 is 12.2 Å². The molecule has 15 heavy (non-hydrogen) atoms. The first-order valence-electron chi connectivity index (χ1n) is 5.59. The number of rotatable bonds is 5. The molecule has 0 aromatic carbocycles. The molecule has 0 aliphatic rings. The zero-order valence-corrected chi connectivity index (χ0v) is 10.4. The summed E-state index contributed by atoms with van der Waals surface area (Å²) < 4.78 is 0.838. The number of aromatic nitrogens is 1. The van der Waals surface area contributed by atoms with Gasteiger partial charge < -0.3 is 10.7 Å². The maximum Gasteiger partial charge on any atom is 0.103 e. The summed E-state index contributed by atoms with van der Waals surface area (Å²) in [5.41, 5.74) is 8.27. The summed E-state index contributed by atoms with van der Waals surface area (Å²) in [4.78, 5) is 3.19. The number of nitrogens with one attached hydrogen (secondary N) is 1. The summed E-state index contributed by atoms with van der Waals surface area (Å²) >= 11 is 5.18. The molecule has 84 valence electrons. The summed E-state index contributed by atoms with van der Waals surface area (Å²) in [6.07, 6.45) is 4.30. The molecule has 0 amide bonds. The van der Waals surface area contributed by atoms with Crippen LogP contribution in [-0.2, 0) is 12.8 Å². The highest BCUT2D eigenvalue weighted by molar-refractivity contribution is 7.71. The van der Waals surface area contributed by atoms with Gasteiger partial charge in [0.2, 0.25) is 0 Å². The third kappa shape index (κ3) is 4.58. The molecule has 1 rings (SSSR count). The second-order valence-corrected chi connectivity index (χ2v) is 4.54. The Kier molecular flexibility index (Phi) is 4.99. The quantitative estimate of drug-likeness (QED) is 0.755. The zero-order valence-electron chi connectivity index (χ0n) is 9.55. The van der Waals surface area contributed by atoms with E-state index in [1.165, 1.54) is 11.3 Å². The number of hydrogen-bond donors (Lipinski definition) is 2. The van der Waals surface area contributed by atoms with Crippen LogP contribution in [-0.4, -0.2) is 11.0 Å². The van der Waals surface area contributed by atoms with Gasteiger partial charge in [-0.3, -0.25) is 0 Å². The van der Waals surface area contributed by atoms with E-state index < -0.39 is 0 Å². The molecule has 0 spiro atoms. The summed E-state index contributed by atoms with van der Waals surface area (Å²) in [6, 6.07) is 4.56. The molecule has 0 aliphatic heterocycles. The standard InChI is InChI=1S/C12H20N2S/c1-3-11-7-10(8-12(15)14-11)6-4-5-9(2)13/h7-9H,3-6,13H2,1-2H3,(H,14,15)/t9-/m0/s1. The van der Waals surface area contributed by atoms with Gasteiger partial charge in [0.15, 0.2) is 0 Å². The fraction of sp³-hybridized carbons (Fsp3) is 0.583. The van der Waals surface area contributed by atoms with Crippen LogP contribution in [0.15, 0.2) is 12.1 Å². The molecule has 0 bridgehead atoms. The number of H-pyrrole nitrogens is 1. The van der Waals surface area contributed by atoms with Gasteiger partial charge in [-0.25, -0.2) is 0 Å². The zero-order chi connectivity index (χ0) is 11.3. The highest BCUT2D eigenvalue weighted by Gasteiger charge is 1.98. The van der Waals surface area contributed by atoms with Crippen LogP contribution in [0.25, 0.3) is 0 Å². The van der Waals surface area contributed by atoms with Crippen molar-refractivity contribution in [2.24, 2.45) is 5.73 Å². The summed E-state index contributed by atoms with van der Waals surface area (Å²) in [6.45, 7) is 4.18. The molecule has 0 saturated heterocycles. The van der Waals surface area contributed by atoms with Crippen LogP contribution in [0.3, 0.4) is 0 Å². The predicted octanol–water partition coefficient (Wildman–Crippen LogP) is 2.98. The Morgan fingerprint density at radius 3 is 2.80 bits per heavy atom. The molecule has 2 nitrogen and oxygen atoms in total. The van der Waals surface area contributed by atoms with Crippen molar-refractivity contribution in [2.75, 3.05) is 0 Å². The van der Waals surface area contributed by atoms with E-state index in [2.05, 4.69) is 31.0 Å². The van der Waals surface area contributed by atoms with Gasteiger partial charge in [0.1, 0.15) is 4.64 Å². The van der Waals surface area contributed by atoms with Crippen LogP contribution < -0.4 is 5.73 Å². The molecule has 1 aromatic rings. The maximum atomic E-state index is 5.72. The van der Waals surface area contributed by atoms with Gasteiger partial charge in [0.25, 0.3) is 0 Å². The van der Waals surface area contributed by atoms with Crippen molar-refractivity contribution in [3.8, 4) is 0 Å². The lowest BCUT2D eigenvalue weighted by Gasteiger charge is -2.06. The van der Waals surface area contributed by atoms with Crippen molar-refractivity contribution in [2.45, 2.75) is 45.6 Å². The molecule has 0 fully saturated rings. The van der Waals surface area contributed by atoms with Crippen LogP contribution in [0.5, 0.6) is 0 Å². The molecule has 1 aromatic heterocycles. The topological polar surface area (TPSA) is 41.8 Å². The van der Waals surface area contributed by atoms with Gasteiger partial charge in [-0.2, -0.15) is 0 Å². The maximum absolute atomic E-state index is 5.72. The van der Waals surface area contributed by atoms with E-state index in [1.54, 1.807) is 0 Å². The normalized spacial score (nSPS) is 12.7. The van der Waals surface area contributed by atoms with Gasteiger partial charge in [0, 0.05) is 11.7 Å². The third-order valence-electron chi connectivity index (χ3n) is 2.47. The van der Waals surface area contributed by atoms with Gasteiger partial charge in [-0.05, 0) is 50.3 Å². The lowest BCUT2D eigenvalue weighted by Crippen LogP contribution is -2.14. The first-order valence-corrected chi connectivity index (χ1v) is 6.00. The molecule has 3 heteroatoms. The second-order valence-electron chi connectivity index (χ2n) is 4.10. The lowest BCUT2D eigenvalue weighted by atomic mass is 10.1. The van der Waals surface area contributed by atoms with Crippen LogP contribution in [0.2, 0.25) is 0 Å². The molecular weight excluding hydrogens is 204 g/mol. The fourth-order valence-corrected chi connectivity index (χ4v) is 1.91. The number of nitrogens with two attached hydrogens (primary N) is 1. The minimum absolute atomic E-state index is 0.300. The molecule has 1 heterocycles. The van der Waals surface area contributed by atoms with Crippen LogP contribution in [0.1, 0.15) is 37.9 Å². The number of hydrogen-bond acceptors (Lipinski definition) is 2. The van der Waals surface area contributed by atoms with Crippen molar-refractivity contribution < 1.29 is 0 Å². The smallest absolute Gasteiger partial charge is 0.103 e. The van der Waals surface area contributed by atoms with Gasteiger partial charge in [0.05, 0.1) is 0 Å². The summed E-state index contributed by atoms with van der Waals surface area (Å²) in [5, 5.41) is 0. The molecular formula is C12H20N2S. The molecule has 1 atom stereocenters. The van der Waals surface area contributed by atoms with Crippen molar-refractivity contribution in [3.05, 3.63) is 28.0 Å². The Morgan fingerprint density at radius 1 is 1.47 bits per heavy atom. The minimum atomic E-state index is 0.300. The largest absolute Gasteiger partial charge is 0.350 e. The second kappa shape index (κ2) is 6.03. The highest BCUT2D eigenvalue weighted by atomic mass is 32.1. The van der Waals surface area contributed by atoms with Gasteiger partial charge in [-0.15, -0.1) is 0 Å². The van der Waals surface area contributed by atoms with Crippen molar-refractivity contribution in [1.29, 1.82) is 0 Å². The van der Waals surface area contributed by atoms with Gasteiger partial charge in [-0.1, -0.05) is 19.1 Å². The van der Waals surface area contributed by atoms with Crippen LogP contribution in [0.4, 0.5) is 0 Å². The monoisotopic (exact) mass is 224 g/mol. The molecule has 0 unspecified atom stereocenters. The van der Waals surface area contributed by atoms with Crippen molar-refractivity contribution in [1.82, 2.24) is 4.98 Å². The SMILES string of the molecule is CCc1cc(CCC[C@H](C)N)cc(=S)[nH]1. The fourth-order valence-electron chi connectivity index (χ4n) is 1.63. The van der Waals surface area contributed by atoms with Crippen LogP contribution in [0, 0.1) is 4.64 Å². The molecule has 0 aliphatic carbocycles.